The van der Waals surface area contributed by atoms with Gasteiger partial charge in [-0.05, 0) is 38.7 Å². The van der Waals surface area contributed by atoms with Gasteiger partial charge in [0.05, 0.1) is 17.6 Å². The molecule has 108 valence electrons. The van der Waals surface area contributed by atoms with Crippen LogP contribution in [0.4, 0.5) is 5.69 Å². The molecule has 20 heavy (non-hydrogen) atoms. The number of nitro groups is 1. The fourth-order valence-corrected chi connectivity index (χ4v) is 1.79. The lowest BCUT2D eigenvalue weighted by atomic mass is 9.98. The Bertz CT molecular complexity index is 521. The molecule has 1 aromatic rings. The maximum Gasteiger partial charge on any atom is 0.311 e. The van der Waals surface area contributed by atoms with E-state index in [-0.39, 0.29) is 5.69 Å². The van der Waals surface area contributed by atoms with Crippen molar-refractivity contribution in [1.82, 2.24) is 0 Å². The standard InChI is InChI=1S/C14H19N3O3/c1-11-6-5-7-12(17(18)19)13(11)20-9-4-3-8-14(2,16)10-15/h5-7H,3-4,8-9,16H2,1-2H3. The zero-order chi connectivity index (χ0) is 15.2. The number of benzene rings is 1. The lowest BCUT2D eigenvalue weighted by molar-refractivity contribution is -0.385. The number of nitriles is 1. The number of hydrogen-bond acceptors (Lipinski definition) is 5. The fourth-order valence-electron chi connectivity index (χ4n) is 1.79. The van der Waals surface area contributed by atoms with Crippen LogP contribution < -0.4 is 10.5 Å². The molecule has 0 saturated heterocycles. The van der Waals surface area contributed by atoms with Crippen LogP contribution in [0.25, 0.3) is 0 Å². The molecule has 0 radical (unpaired) electrons. The summed E-state index contributed by atoms with van der Waals surface area (Å²) in [6, 6.07) is 6.86. The molecule has 0 aromatic heterocycles. The number of ether oxygens (including phenoxy) is 1. The van der Waals surface area contributed by atoms with E-state index in [9.17, 15) is 10.1 Å². The largest absolute Gasteiger partial charge is 0.487 e. The van der Waals surface area contributed by atoms with Crippen LogP contribution in [0.5, 0.6) is 5.75 Å². The van der Waals surface area contributed by atoms with Crippen molar-refractivity contribution in [3.8, 4) is 11.8 Å². The molecule has 1 atom stereocenters. The predicted octanol–water partition coefficient (Wildman–Crippen LogP) is 2.69. The van der Waals surface area contributed by atoms with Crippen LogP contribution in [0.2, 0.25) is 0 Å². The van der Waals surface area contributed by atoms with Gasteiger partial charge in [0.2, 0.25) is 0 Å². The molecule has 6 nitrogen and oxygen atoms in total. The smallest absolute Gasteiger partial charge is 0.311 e. The van der Waals surface area contributed by atoms with Crippen molar-refractivity contribution in [3.05, 3.63) is 33.9 Å². The summed E-state index contributed by atoms with van der Waals surface area (Å²) in [5.74, 6) is 0.313. The second-order valence-electron chi connectivity index (χ2n) is 5.02. The molecule has 0 aliphatic heterocycles. The Morgan fingerprint density at radius 2 is 2.20 bits per heavy atom. The highest BCUT2D eigenvalue weighted by atomic mass is 16.6. The molecule has 0 heterocycles. The summed E-state index contributed by atoms with van der Waals surface area (Å²) in [5.41, 5.74) is 5.59. The Kier molecular flexibility index (Phi) is 5.47. The molecule has 0 bridgehead atoms. The van der Waals surface area contributed by atoms with Crippen molar-refractivity contribution >= 4 is 5.69 Å². The summed E-state index contributed by atoms with van der Waals surface area (Å²) in [7, 11) is 0. The molecular formula is C14H19N3O3. The van der Waals surface area contributed by atoms with Crippen LogP contribution in [-0.4, -0.2) is 17.1 Å². The first-order valence-electron chi connectivity index (χ1n) is 6.44. The molecule has 0 aliphatic rings. The number of nitro benzene ring substituents is 1. The number of rotatable bonds is 7. The Labute approximate surface area is 118 Å². The zero-order valence-electron chi connectivity index (χ0n) is 11.8. The van der Waals surface area contributed by atoms with E-state index in [4.69, 9.17) is 15.7 Å². The van der Waals surface area contributed by atoms with Crippen molar-refractivity contribution < 1.29 is 9.66 Å². The second kappa shape index (κ2) is 6.87. The van der Waals surface area contributed by atoms with Crippen LogP contribution >= 0.6 is 0 Å². The number of para-hydroxylation sites is 1. The van der Waals surface area contributed by atoms with Gasteiger partial charge in [0.15, 0.2) is 5.75 Å². The van der Waals surface area contributed by atoms with Crippen LogP contribution in [-0.2, 0) is 0 Å². The maximum atomic E-state index is 10.9. The number of hydrogen-bond donors (Lipinski definition) is 1. The first-order chi connectivity index (χ1) is 9.37. The average molecular weight is 277 g/mol. The Hall–Kier alpha value is -2.13. The van der Waals surface area contributed by atoms with Crippen LogP contribution in [0, 0.1) is 28.4 Å². The number of aryl methyl sites for hydroxylation is 1. The molecule has 1 rings (SSSR count). The lowest BCUT2D eigenvalue weighted by Gasteiger charge is -2.15. The number of nitrogens with zero attached hydrogens (tertiary/aromatic N) is 2. The Morgan fingerprint density at radius 3 is 2.80 bits per heavy atom. The van der Waals surface area contributed by atoms with E-state index in [1.807, 2.05) is 6.07 Å². The van der Waals surface area contributed by atoms with Crippen LogP contribution in [0.1, 0.15) is 31.7 Å². The van der Waals surface area contributed by atoms with Crippen molar-refractivity contribution in [2.75, 3.05) is 6.61 Å². The summed E-state index contributed by atoms with van der Waals surface area (Å²) in [5, 5.41) is 19.7. The third-order valence-electron chi connectivity index (χ3n) is 2.98. The zero-order valence-corrected chi connectivity index (χ0v) is 11.8. The molecule has 0 saturated carbocycles. The minimum Gasteiger partial charge on any atom is -0.487 e. The van der Waals surface area contributed by atoms with E-state index in [0.717, 1.165) is 12.0 Å². The summed E-state index contributed by atoms with van der Waals surface area (Å²) < 4.78 is 5.51. The summed E-state index contributed by atoms with van der Waals surface area (Å²) in [6.07, 6.45) is 2.00. The average Bonchev–Trinajstić information content (AvgIpc) is 2.39. The van der Waals surface area contributed by atoms with E-state index in [0.29, 0.717) is 25.2 Å². The highest BCUT2D eigenvalue weighted by Crippen LogP contribution is 2.30. The number of unbranched alkanes of at least 4 members (excludes halogenated alkanes) is 1. The minimum atomic E-state index is -0.825. The summed E-state index contributed by atoms with van der Waals surface area (Å²) >= 11 is 0. The van der Waals surface area contributed by atoms with Gasteiger partial charge < -0.3 is 10.5 Å². The van der Waals surface area contributed by atoms with Gasteiger partial charge in [-0.3, -0.25) is 10.1 Å². The van der Waals surface area contributed by atoms with Crippen molar-refractivity contribution in [1.29, 1.82) is 5.26 Å². The van der Waals surface area contributed by atoms with Crippen molar-refractivity contribution in [3.63, 3.8) is 0 Å². The Balaban J connectivity index is 2.51. The monoisotopic (exact) mass is 277 g/mol. The third-order valence-corrected chi connectivity index (χ3v) is 2.98. The van der Waals surface area contributed by atoms with Gasteiger partial charge in [0, 0.05) is 6.07 Å². The summed E-state index contributed by atoms with van der Waals surface area (Å²) in [6.45, 7) is 3.82. The third kappa shape index (κ3) is 4.52. The van der Waals surface area contributed by atoms with Crippen molar-refractivity contribution in [2.45, 2.75) is 38.6 Å². The van der Waals surface area contributed by atoms with Gasteiger partial charge in [-0.25, -0.2) is 0 Å². The van der Waals surface area contributed by atoms with Crippen LogP contribution in [0.15, 0.2) is 18.2 Å². The van der Waals surface area contributed by atoms with Crippen LogP contribution in [0.3, 0.4) is 0 Å². The molecule has 0 amide bonds. The molecule has 1 unspecified atom stereocenters. The molecule has 0 spiro atoms. The molecule has 0 aliphatic carbocycles. The van der Waals surface area contributed by atoms with Gasteiger partial charge in [-0.2, -0.15) is 5.26 Å². The molecule has 1 aromatic carbocycles. The minimum absolute atomic E-state index is 0.0225. The van der Waals surface area contributed by atoms with E-state index in [1.54, 1.807) is 26.0 Å². The first-order valence-corrected chi connectivity index (χ1v) is 6.44. The first kappa shape index (κ1) is 15.9. The molecule has 2 N–H and O–H groups in total. The van der Waals surface area contributed by atoms with Gasteiger partial charge in [-0.15, -0.1) is 0 Å². The topological polar surface area (TPSA) is 102 Å². The summed E-state index contributed by atoms with van der Waals surface area (Å²) in [4.78, 5) is 10.5. The predicted molar refractivity (Wildman–Crippen MR) is 75.4 cm³/mol. The SMILES string of the molecule is Cc1cccc([N+](=O)[O-])c1OCCCCC(C)(N)C#N. The quantitative estimate of drug-likeness (QED) is 0.469. The fraction of sp³-hybridized carbons (Fsp3) is 0.500. The molecular weight excluding hydrogens is 258 g/mol. The van der Waals surface area contributed by atoms with Gasteiger partial charge in [0.1, 0.15) is 5.54 Å². The van der Waals surface area contributed by atoms with E-state index in [1.165, 1.54) is 6.07 Å². The van der Waals surface area contributed by atoms with E-state index in [2.05, 4.69) is 0 Å². The molecule has 0 fully saturated rings. The second-order valence-corrected chi connectivity index (χ2v) is 5.02. The van der Waals surface area contributed by atoms with Crippen molar-refractivity contribution in [2.24, 2.45) is 5.73 Å². The molecule has 6 heteroatoms. The van der Waals surface area contributed by atoms with E-state index < -0.39 is 10.5 Å². The van der Waals surface area contributed by atoms with E-state index >= 15 is 0 Å². The van der Waals surface area contributed by atoms with Gasteiger partial charge in [-0.1, -0.05) is 12.1 Å². The van der Waals surface area contributed by atoms with Gasteiger partial charge >= 0.3 is 5.69 Å². The normalized spacial score (nSPS) is 13.3. The highest BCUT2D eigenvalue weighted by molar-refractivity contribution is 5.51. The van der Waals surface area contributed by atoms with Gasteiger partial charge in [0.25, 0.3) is 0 Å². The number of nitrogens with two attached hydrogens (primary N) is 1. The lowest BCUT2D eigenvalue weighted by Crippen LogP contribution is -2.33. The highest BCUT2D eigenvalue weighted by Gasteiger charge is 2.18. The Morgan fingerprint density at radius 1 is 1.50 bits per heavy atom. The maximum absolute atomic E-state index is 10.9.